The summed E-state index contributed by atoms with van der Waals surface area (Å²) in [6.45, 7) is 5.55. The van der Waals surface area contributed by atoms with Gasteiger partial charge in [0.2, 0.25) is 0 Å². The van der Waals surface area contributed by atoms with Gasteiger partial charge in [0.05, 0.1) is 0 Å². The molecule has 5 heteroatoms. The second-order valence-electron chi connectivity index (χ2n) is 7.20. The molecule has 0 spiro atoms. The van der Waals surface area contributed by atoms with Gasteiger partial charge in [0.25, 0.3) is 0 Å². The van der Waals surface area contributed by atoms with Crippen LogP contribution in [-0.4, -0.2) is 23.8 Å². The van der Waals surface area contributed by atoms with Gasteiger partial charge in [-0.15, -0.1) is 0 Å². The molecule has 1 saturated carbocycles. The molecule has 2 aliphatic carbocycles. The van der Waals surface area contributed by atoms with E-state index in [4.69, 9.17) is 4.74 Å². The minimum absolute atomic E-state index is 0.124. The molecule has 2 N–H and O–H groups in total. The maximum atomic E-state index is 13.2. The van der Waals surface area contributed by atoms with E-state index >= 15 is 0 Å². The number of alkyl carbamates (subject to hydrolysis) is 1. The smallest absolute Gasteiger partial charge is 0.407 e. The highest BCUT2D eigenvalue weighted by atomic mass is 19.1. The second kappa shape index (κ2) is 5.54. The van der Waals surface area contributed by atoms with Crippen LogP contribution in [0.15, 0.2) is 18.2 Å². The van der Waals surface area contributed by atoms with Gasteiger partial charge in [0.15, 0.2) is 0 Å². The average Bonchev–Trinajstić information content (AvgIpc) is 2.96. The van der Waals surface area contributed by atoms with Crippen molar-refractivity contribution in [2.45, 2.75) is 63.8 Å². The van der Waals surface area contributed by atoms with Crippen molar-refractivity contribution in [2.24, 2.45) is 0 Å². The van der Waals surface area contributed by atoms with Gasteiger partial charge in [-0.05, 0) is 63.3 Å². The van der Waals surface area contributed by atoms with Gasteiger partial charge in [0.1, 0.15) is 11.4 Å². The van der Waals surface area contributed by atoms with E-state index in [1.54, 1.807) is 6.07 Å². The third kappa shape index (κ3) is 3.58. The zero-order valence-corrected chi connectivity index (χ0v) is 13.3. The molecule has 2 aliphatic rings. The predicted octanol–water partition coefficient (Wildman–Crippen LogP) is 3.07. The van der Waals surface area contributed by atoms with E-state index in [0.717, 1.165) is 24.8 Å². The topological polar surface area (TPSA) is 50.4 Å². The summed E-state index contributed by atoms with van der Waals surface area (Å²) in [7, 11) is 0. The van der Waals surface area contributed by atoms with Crippen molar-refractivity contribution >= 4 is 6.09 Å². The number of ether oxygens (including phenoxy) is 1. The summed E-state index contributed by atoms with van der Waals surface area (Å²) in [4.78, 5) is 11.7. The van der Waals surface area contributed by atoms with Gasteiger partial charge in [0, 0.05) is 18.1 Å². The van der Waals surface area contributed by atoms with Crippen LogP contribution in [0, 0.1) is 5.82 Å². The number of rotatable bonds is 3. The molecule has 3 atom stereocenters. The molecule has 1 amide bonds. The molecule has 0 radical (unpaired) electrons. The van der Waals surface area contributed by atoms with E-state index in [2.05, 4.69) is 10.6 Å². The van der Waals surface area contributed by atoms with Crippen LogP contribution >= 0.6 is 0 Å². The lowest BCUT2D eigenvalue weighted by molar-refractivity contribution is 0.0522. The standard InChI is InChI=1S/C17H23FN2O2/c1-17(2,3)22-16(21)20-15-9-14(15)19-13-7-4-10-8-11(18)5-6-12(10)13/h5-6,8,13-15,19H,4,7,9H2,1-3H3,(H,20,21). The fourth-order valence-corrected chi connectivity index (χ4v) is 3.02. The number of hydrogen-bond acceptors (Lipinski definition) is 3. The fourth-order valence-electron chi connectivity index (χ4n) is 3.02. The lowest BCUT2D eigenvalue weighted by Crippen LogP contribution is -2.37. The first-order chi connectivity index (χ1) is 10.3. The molecule has 0 saturated heterocycles. The zero-order valence-electron chi connectivity index (χ0n) is 13.3. The normalized spacial score (nSPS) is 26.5. The Bertz CT molecular complexity index is 583. The van der Waals surface area contributed by atoms with Crippen LogP contribution in [0.1, 0.15) is 50.8 Å². The van der Waals surface area contributed by atoms with Crippen LogP contribution in [0.25, 0.3) is 0 Å². The minimum atomic E-state index is -0.476. The SMILES string of the molecule is CC(C)(C)OC(=O)NC1CC1NC1CCc2cc(F)ccc21. The monoisotopic (exact) mass is 306 g/mol. The Labute approximate surface area is 130 Å². The van der Waals surface area contributed by atoms with Gasteiger partial charge < -0.3 is 15.4 Å². The molecular weight excluding hydrogens is 283 g/mol. The highest BCUT2D eigenvalue weighted by Crippen LogP contribution is 2.35. The Morgan fingerprint density at radius 2 is 2.09 bits per heavy atom. The highest BCUT2D eigenvalue weighted by molar-refractivity contribution is 5.68. The second-order valence-corrected chi connectivity index (χ2v) is 7.20. The summed E-state index contributed by atoms with van der Waals surface area (Å²) < 4.78 is 18.5. The summed E-state index contributed by atoms with van der Waals surface area (Å²) in [5.74, 6) is -0.171. The highest BCUT2D eigenvalue weighted by Gasteiger charge is 2.41. The number of nitrogens with one attached hydrogen (secondary N) is 2. The molecule has 3 unspecified atom stereocenters. The van der Waals surface area contributed by atoms with Crippen LogP contribution in [0.3, 0.4) is 0 Å². The van der Waals surface area contributed by atoms with E-state index < -0.39 is 5.60 Å². The summed E-state index contributed by atoms with van der Waals surface area (Å²) in [5.41, 5.74) is 1.80. The number of carbonyl (C=O) groups excluding carboxylic acids is 1. The van der Waals surface area contributed by atoms with Crippen molar-refractivity contribution in [3.63, 3.8) is 0 Å². The third-order valence-corrected chi connectivity index (χ3v) is 4.09. The summed E-state index contributed by atoms with van der Waals surface area (Å²) in [5, 5.41) is 6.44. The molecule has 0 aliphatic heterocycles. The number of hydrogen-bond donors (Lipinski definition) is 2. The van der Waals surface area contributed by atoms with Crippen LogP contribution < -0.4 is 10.6 Å². The molecule has 4 nitrogen and oxygen atoms in total. The molecule has 1 fully saturated rings. The Balaban J connectivity index is 1.50. The van der Waals surface area contributed by atoms with E-state index in [1.165, 1.54) is 11.6 Å². The molecular formula is C17H23FN2O2. The average molecular weight is 306 g/mol. The number of fused-ring (bicyclic) bond motifs is 1. The first-order valence-electron chi connectivity index (χ1n) is 7.86. The molecule has 0 aromatic heterocycles. The van der Waals surface area contributed by atoms with Crippen LogP contribution in [0.5, 0.6) is 0 Å². The van der Waals surface area contributed by atoms with Crippen LogP contribution in [-0.2, 0) is 11.2 Å². The summed E-state index contributed by atoms with van der Waals surface area (Å²) in [6, 6.07) is 5.66. The van der Waals surface area contributed by atoms with Gasteiger partial charge in [-0.25, -0.2) is 9.18 Å². The van der Waals surface area contributed by atoms with Crippen LogP contribution in [0.2, 0.25) is 0 Å². The summed E-state index contributed by atoms with van der Waals surface area (Å²) >= 11 is 0. The van der Waals surface area contributed by atoms with Crippen molar-refractivity contribution < 1.29 is 13.9 Å². The first kappa shape index (κ1) is 15.3. The largest absolute Gasteiger partial charge is 0.444 e. The zero-order chi connectivity index (χ0) is 15.9. The van der Waals surface area contributed by atoms with E-state index in [0.29, 0.717) is 0 Å². The third-order valence-electron chi connectivity index (χ3n) is 4.09. The molecule has 120 valence electrons. The van der Waals surface area contributed by atoms with E-state index in [1.807, 2.05) is 26.8 Å². The van der Waals surface area contributed by atoms with Crippen molar-refractivity contribution in [3.8, 4) is 0 Å². The van der Waals surface area contributed by atoms with E-state index in [-0.39, 0.29) is 30.0 Å². The van der Waals surface area contributed by atoms with Gasteiger partial charge in [-0.2, -0.15) is 0 Å². The van der Waals surface area contributed by atoms with Gasteiger partial charge >= 0.3 is 6.09 Å². The molecule has 0 bridgehead atoms. The molecule has 1 aromatic carbocycles. The Morgan fingerprint density at radius 3 is 2.82 bits per heavy atom. The first-order valence-corrected chi connectivity index (χ1v) is 7.86. The lowest BCUT2D eigenvalue weighted by atomic mass is 10.1. The number of carbonyl (C=O) groups is 1. The Morgan fingerprint density at radius 1 is 1.32 bits per heavy atom. The molecule has 0 heterocycles. The van der Waals surface area contributed by atoms with Gasteiger partial charge in [-0.3, -0.25) is 0 Å². The van der Waals surface area contributed by atoms with E-state index in [9.17, 15) is 9.18 Å². The Kier molecular flexibility index (Phi) is 3.85. The number of benzene rings is 1. The van der Waals surface area contributed by atoms with Gasteiger partial charge in [-0.1, -0.05) is 6.07 Å². The molecule has 1 aromatic rings. The van der Waals surface area contributed by atoms with Crippen molar-refractivity contribution in [1.29, 1.82) is 0 Å². The summed E-state index contributed by atoms with van der Waals surface area (Å²) in [6.07, 6.45) is 2.43. The molecule has 3 rings (SSSR count). The number of aryl methyl sites for hydroxylation is 1. The van der Waals surface area contributed by atoms with Crippen molar-refractivity contribution in [2.75, 3.05) is 0 Å². The fraction of sp³-hybridized carbons (Fsp3) is 0.588. The lowest BCUT2D eigenvalue weighted by Gasteiger charge is -2.20. The van der Waals surface area contributed by atoms with Crippen molar-refractivity contribution in [1.82, 2.24) is 10.6 Å². The predicted molar refractivity (Wildman–Crippen MR) is 82.2 cm³/mol. The maximum absolute atomic E-state index is 13.2. The number of halogens is 1. The van der Waals surface area contributed by atoms with Crippen LogP contribution in [0.4, 0.5) is 9.18 Å². The number of amides is 1. The maximum Gasteiger partial charge on any atom is 0.407 e. The quantitative estimate of drug-likeness (QED) is 0.902. The molecule has 22 heavy (non-hydrogen) atoms. The minimum Gasteiger partial charge on any atom is -0.444 e. The Hall–Kier alpha value is -1.62. The van der Waals surface area contributed by atoms with Crippen molar-refractivity contribution in [3.05, 3.63) is 35.1 Å².